The first-order valence-electron chi connectivity index (χ1n) is 21.0. The lowest BCUT2D eigenvalue weighted by Gasteiger charge is -2.16. The Kier molecular flexibility index (Phi) is 8.12. The van der Waals surface area contributed by atoms with E-state index >= 15 is 0 Å². The van der Waals surface area contributed by atoms with Crippen molar-refractivity contribution in [2.75, 3.05) is 0 Å². The molecule has 2 aliphatic rings. The van der Waals surface area contributed by atoms with Gasteiger partial charge in [-0.15, -0.1) is 0 Å². The van der Waals surface area contributed by atoms with Gasteiger partial charge in [0.1, 0.15) is 0 Å². The molecule has 1 aromatic heterocycles. The summed E-state index contributed by atoms with van der Waals surface area (Å²) in [5.74, 6) is 2.01. The molecule has 0 bridgehead atoms. The van der Waals surface area contributed by atoms with E-state index in [4.69, 9.17) is 15.0 Å². The Labute approximate surface area is 348 Å². The number of hydrogen-bond acceptors (Lipinski definition) is 3. The Hall–Kier alpha value is -7.49. The molecule has 2 aliphatic carbocycles. The molecule has 1 heterocycles. The first kappa shape index (κ1) is 34.5. The third-order valence-electron chi connectivity index (χ3n) is 12.6. The van der Waals surface area contributed by atoms with Crippen LogP contribution in [-0.4, -0.2) is 15.0 Å². The highest BCUT2D eigenvalue weighted by Crippen LogP contribution is 2.36. The van der Waals surface area contributed by atoms with E-state index in [0.717, 1.165) is 53.5 Å². The Bertz CT molecular complexity index is 3560. The van der Waals surface area contributed by atoms with Crippen molar-refractivity contribution in [2.45, 2.75) is 25.7 Å². The molecule has 0 saturated carbocycles. The zero-order chi connectivity index (χ0) is 39.6. The van der Waals surface area contributed by atoms with Crippen LogP contribution in [0.1, 0.15) is 30.4 Å². The topological polar surface area (TPSA) is 38.7 Å². The molecule has 9 aromatic carbocycles. The average Bonchev–Trinajstić information content (AvgIpc) is 3.33. The zero-order valence-corrected chi connectivity index (χ0v) is 33.1. The minimum Gasteiger partial charge on any atom is -0.208 e. The van der Waals surface area contributed by atoms with Crippen LogP contribution in [0, 0.1) is 0 Å². The molecule has 60 heavy (non-hydrogen) atoms. The van der Waals surface area contributed by atoms with Crippen LogP contribution in [0.25, 0.3) is 118 Å². The second-order valence-corrected chi connectivity index (χ2v) is 16.2. The summed E-state index contributed by atoms with van der Waals surface area (Å²) < 4.78 is 0. The summed E-state index contributed by atoms with van der Waals surface area (Å²) in [6.45, 7) is 0. The van der Waals surface area contributed by atoms with E-state index in [-0.39, 0.29) is 0 Å². The minimum atomic E-state index is 0.658. The lowest BCUT2D eigenvalue weighted by atomic mass is 9.90. The molecule has 0 radical (unpaired) electrons. The standard InChI is InChI=1S/C57H39N3/c1-2-12-40-31-43(23-19-36(40)9-1)45-27-26-44-32-42(24-25-46(44)33-45)41-13-7-14-47(34-41)55-58-56(48-28-22-39-21-20-37-10-4-6-16-50(37)54(39)35-48)60-57(59-55)53-18-8-17-51-49-15-5-3-11-38(49)29-30-52(51)53/h1-3,7-14,16-35H,4-6,15H2. The summed E-state index contributed by atoms with van der Waals surface area (Å²) in [4.78, 5) is 15.8. The smallest absolute Gasteiger partial charge is 0.164 e. The number of nitrogens with zero attached hydrogens (tertiary/aromatic N) is 3. The molecule has 0 saturated heterocycles. The third kappa shape index (κ3) is 6.01. The number of benzene rings is 9. The quantitative estimate of drug-likeness (QED) is 0.175. The second-order valence-electron chi connectivity index (χ2n) is 16.2. The summed E-state index contributed by atoms with van der Waals surface area (Å²) >= 11 is 0. The highest BCUT2D eigenvalue weighted by molar-refractivity contribution is 5.99. The molecule has 3 nitrogen and oxygen atoms in total. The van der Waals surface area contributed by atoms with Gasteiger partial charge in [0.05, 0.1) is 0 Å². The van der Waals surface area contributed by atoms with Gasteiger partial charge < -0.3 is 0 Å². The Balaban J connectivity index is 0.979. The molecule has 0 aliphatic heterocycles. The molecule has 0 amide bonds. The second kappa shape index (κ2) is 14.1. The van der Waals surface area contributed by atoms with Gasteiger partial charge in [-0.1, -0.05) is 158 Å². The average molecular weight is 766 g/mol. The van der Waals surface area contributed by atoms with E-state index in [9.17, 15) is 0 Å². The van der Waals surface area contributed by atoms with E-state index in [1.807, 2.05) is 0 Å². The molecule has 3 heteroatoms. The molecule has 0 unspecified atom stereocenters. The Morgan fingerprint density at radius 2 is 0.983 bits per heavy atom. The van der Waals surface area contributed by atoms with Crippen LogP contribution in [-0.2, 0) is 6.42 Å². The zero-order valence-electron chi connectivity index (χ0n) is 33.1. The summed E-state index contributed by atoms with van der Waals surface area (Å²) in [6.07, 6.45) is 13.5. The maximum atomic E-state index is 5.29. The molecule has 0 N–H and O–H groups in total. The lowest BCUT2D eigenvalue weighted by molar-refractivity contribution is 0.997. The fourth-order valence-corrected chi connectivity index (χ4v) is 9.44. The molecule has 0 spiro atoms. The van der Waals surface area contributed by atoms with Crippen LogP contribution in [0.4, 0.5) is 0 Å². The van der Waals surface area contributed by atoms with Gasteiger partial charge in [0.15, 0.2) is 17.5 Å². The van der Waals surface area contributed by atoms with Crippen molar-refractivity contribution in [3.8, 4) is 56.4 Å². The largest absolute Gasteiger partial charge is 0.208 e. The molecule has 10 aromatic rings. The predicted molar refractivity (Wildman–Crippen MR) is 252 cm³/mol. The van der Waals surface area contributed by atoms with Crippen LogP contribution in [0.3, 0.4) is 0 Å². The van der Waals surface area contributed by atoms with Crippen LogP contribution in [0.2, 0.25) is 0 Å². The van der Waals surface area contributed by atoms with Crippen LogP contribution in [0.5, 0.6) is 0 Å². The molecule has 12 rings (SSSR count). The summed E-state index contributed by atoms with van der Waals surface area (Å²) in [5.41, 5.74) is 10.4. The van der Waals surface area contributed by atoms with Gasteiger partial charge in [-0.2, -0.15) is 0 Å². The van der Waals surface area contributed by atoms with Gasteiger partial charge in [-0.25, -0.2) is 15.0 Å². The van der Waals surface area contributed by atoms with Crippen LogP contribution in [0.15, 0.2) is 170 Å². The first-order valence-corrected chi connectivity index (χ1v) is 21.0. The Morgan fingerprint density at radius 1 is 0.367 bits per heavy atom. The molecule has 282 valence electrons. The summed E-state index contributed by atoms with van der Waals surface area (Å²) in [5, 5.41) is 12.4. The number of rotatable bonds is 5. The molecule has 0 fully saturated rings. The van der Waals surface area contributed by atoms with Crippen LogP contribution < -0.4 is 10.4 Å². The summed E-state index contributed by atoms with van der Waals surface area (Å²) in [6, 6.07) is 59.6. The van der Waals surface area contributed by atoms with Gasteiger partial charge in [0.2, 0.25) is 0 Å². The van der Waals surface area contributed by atoms with E-state index in [0.29, 0.717) is 17.5 Å². The van der Waals surface area contributed by atoms with Crippen molar-refractivity contribution in [3.05, 3.63) is 191 Å². The van der Waals surface area contributed by atoms with Gasteiger partial charge in [-0.3, -0.25) is 0 Å². The maximum absolute atomic E-state index is 5.29. The number of hydrogen-bond donors (Lipinski definition) is 0. The highest BCUT2D eigenvalue weighted by atomic mass is 15.0. The van der Waals surface area contributed by atoms with E-state index in [1.165, 1.54) is 75.8 Å². The predicted octanol–water partition coefficient (Wildman–Crippen LogP) is 13.1. The lowest BCUT2D eigenvalue weighted by Crippen LogP contribution is -2.27. The fraction of sp³-hybridized carbons (Fsp3) is 0.0702. The maximum Gasteiger partial charge on any atom is 0.164 e. The number of allylic oxidation sites excluding steroid dienone is 1. The molecular weight excluding hydrogens is 727 g/mol. The monoisotopic (exact) mass is 765 g/mol. The van der Waals surface area contributed by atoms with Gasteiger partial charge in [0, 0.05) is 16.7 Å². The van der Waals surface area contributed by atoms with Crippen molar-refractivity contribution >= 4 is 61.3 Å². The van der Waals surface area contributed by atoms with Crippen molar-refractivity contribution in [3.63, 3.8) is 0 Å². The van der Waals surface area contributed by atoms with E-state index in [2.05, 4.69) is 188 Å². The fourth-order valence-electron chi connectivity index (χ4n) is 9.44. The first-order chi connectivity index (χ1) is 29.7. The van der Waals surface area contributed by atoms with Crippen molar-refractivity contribution < 1.29 is 0 Å². The Morgan fingerprint density at radius 3 is 1.80 bits per heavy atom. The van der Waals surface area contributed by atoms with Gasteiger partial charge in [-0.05, 0) is 143 Å². The van der Waals surface area contributed by atoms with Gasteiger partial charge in [0.25, 0.3) is 0 Å². The minimum absolute atomic E-state index is 0.658. The molecule has 0 atom stereocenters. The third-order valence-corrected chi connectivity index (χ3v) is 12.6. The van der Waals surface area contributed by atoms with Crippen molar-refractivity contribution in [2.24, 2.45) is 0 Å². The number of aryl methyl sites for hydroxylation is 1. The van der Waals surface area contributed by atoms with Crippen LogP contribution >= 0.6 is 0 Å². The van der Waals surface area contributed by atoms with Crippen molar-refractivity contribution in [1.82, 2.24) is 15.0 Å². The van der Waals surface area contributed by atoms with E-state index in [1.54, 1.807) is 0 Å². The number of fused-ring (bicyclic) bond motifs is 8. The molecular formula is C57H39N3. The highest BCUT2D eigenvalue weighted by Gasteiger charge is 2.18. The van der Waals surface area contributed by atoms with E-state index < -0.39 is 0 Å². The number of aromatic nitrogens is 3. The van der Waals surface area contributed by atoms with Crippen molar-refractivity contribution in [1.29, 1.82) is 0 Å². The van der Waals surface area contributed by atoms with Gasteiger partial charge >= 0.3 is 0 Å². The SMILES string of the molecule is C1=Cc2ccc3c(-c4nc(-c5cccc(-c6ccc7cc(-c8ccc9ccccc9c8)ccc7c6)c5)nc(-c5ccc6ccc7c(c6c5)=CCCC=7)n4)cccc3c2CC1. The summed E-state index contributed by atoms with van der Waals surface area (Å²) in [7, 11) is 0. The normalized spacial score (nSPS) is 13.3.